The van der Waals surface area contributed by atoms with Crippen LogP contribution in [0.2, 0.25) is 10.0 Å². The molecule has 7 nitrogen and oxygen atoms in total. The van der Waals surface area contributed by atoms with Crippen molar-refractivity contribution in [1.29, 1.82) is 0 Å². The predicted molar refractivity (Wildman–Crippen MR) is 106 cm³/mol. The first-order chi connectivity index (χ1) is 13.2. The standard InChI is InChI=1S/C18H14Cl2N6O/c1-27-15-6-4-14(5-7-15)23-24-17(12-3-2-8-21-10-12)25-26-18-16(20)9-13(19)11-22-18/h2-11,23H,1H3. The van der Waals surface area contributed by atoms with Gasteiger partial charge in [-0.3, -0.25) is 10.4 Å². The van der Waals surface area contributed by atoms with Crippen LogP contribution < -0.4 is 10.2 Å². The fourth-order valence-electron chi connectivity index (χ4n) is 2.00. The number of amidine groups is 1. The summed E-state index contributed by atoms with van der Waals surface area (Å²) < 4.78 is 5.14. The molecule has 136 valence electrons. The molecule has 0 unspecified atom stereocenters. The van der Waals surface area contributed by atoms with Crippen molar-refractivity contribution in [2.75, 3.05) is 12.5 Å². The molecule has 0 bridgehead atoms. The molecule has 3 aromatic rings. The van der Waals surface area contributed by atoms with E-state index >= 15 is 0 Å². The summed E-state index contributed by atoms with van der Waals surface area (Å²) in [6.07, 6.45) is 4.73. The molecule has 9 heteroatoms. The maximum atomic E-state index is 6.08. The SMILES string of the molecule is COc1ccc(NN=C(N=Nc2ncc(Cl)cc2Cl)c2cccnc2)cc1. The topological polar surface area (TPSA) is 84.1 Å². The molecule has 1 N–H and O–H groups in total. The molecular formula is C18H14Cl2N6O. The molecule has 27 heavy (non-hydrogen) atoms. The Morgan fingerprint density at radius 3 is 2.59 bits per heavy atom. The maximum absolute atomic E-state index is 6.08. The maximum Gasteiger partial charge on any atom is 0.202 e. The second kappa shape index (κ2) is 9.07. The quantitative estimate of drug-likeness (QED) is 0.270. The third kappa shape index (κ3) is 5.22. The van der Waals surface area contributed by atoms with E-state index in [1.54, 1.807) is 31.6 Å². The Bertz CT molecular complexity index is 961. The highest BCUT2D eigenvalue weighted by molar-refractivity contribution is 6.35. The van der Waals surface area contributed by atoms with Crippen LogP contribution in [0.4, 0.5) is 11.5 Å². The van der Waals surface area contributed by atoms with Gasteiger partial charge in [0.1, 0.15) is 5.75 Å². The number of azo groups is 1. The average molecular weight is 401 g/mol. The first-order valence-electron chi connectivity index (χ1n) is 7.76. The summed E-state index contributed by atoms with van der Waals surface area (Å²) in [4.78, 5) is 8.13. The van der Waals surface area contributed by atoms with E-state index in [-0.39, 0.29) is 5.82 Å². The van der Waals surface area contributed by atoms with Crippen LogP contribution in [-0.2, 0) is 0 Å². The zero-order chi connectivity index (χ0) is 19.1. The molecule has 2 aromatic heterocycles. The van der Waals surface area contributed by atoms with Crippen molar-refractivity contribution in [2.45, 2.75) is 0 Å². The Morgan fingerprint density at radius 1 is 1.11 bits per heavy atom. The van der Waals surface area contributed by atoms with Gasteiger partial charge in [0.25, 0.3) is 0 Å². The van der Waals surface area contributed by atoms with Crippen LogP contribution in [0.5, 0.6) is 5.75 Å². The first-order valence-corrected chi connectivity index (χ1v) is 8.52. The second-order valence-electron chi connectivity index (χ2n) is 5.18. The van der Waals surface area contributed by atoms with Crippen LogP contribution >= 0.6 is 23.2 Å². The van der Waals surface area contributed by atoms with Gasteiger partial charge in [0.2, 0.25) is 5.84 Å². The Kier molecular flexibility index (Phi) is 6.30. The molecule has 0 aliphatic carbocycles. The number of nitrogens with zero attached hydrogens (tertiary/aromatic N) is 5. The van der Waals surface area contributed by atoms with E-state index in [4.69, 9.17) is 27.9 Å². The third-order valence-corrected chi connectivity index (χ3v) is 3.81. The minimum atomic E-state index is 0.238. The molecule has 0 saturated heterocycles. The number of pyridine rings is 2. The smallest absolute Gasteiger partial charge is 0.202 e. The molecule has 2 heterocycles. The number of hydrogen-bond acceptors (Lipinski definition) is 6. The number of nitrogens with one attached hydrogen (secondary N) is 1. The number of rotatable bonds is 5. The lowest BCUT2D eigenvalue weighted by molar-refractivity contribution is 0.415. The minimum Gasteiger partial charge on any atom is -0.497 e. The zero-order valence-corrected chi connectivity index (χ0v) is 15.7. The lowest BCUT2D eigenvalue weighted by Gasteiger charge is -2.04. The lowest BCUT2D eigenvalue weighted by Crippen LogP contribution is -2.01. The number of hydrazone groups is 1. The summed E-state index contributed by atoms with van der Waals surface area (Å²) in [7, 11) is 1.61. The number of benzene rings is 1. The van der Waals surface area contributed by atoms with Crippen LogP contribution in [0.25, 0.3) is 0 Å². The van der Waals surface area contributed by atoms with Crippen LogP contribution in [0.15, 0.2) is 76.4 Å². The van der Waals surface area contributed by atoms with Crippen molar-refractivity contribution in [1.82, 2.24) is 9.97 Å². The van der Waals surface area contributed by atoms with Crippen molar-refractivity contribution in [3.8, 4) is 5.75 Å². The van der Waals surface area contributed by atoms with E-state index in [2.05, 4.69) is 30.7 Å². The number of hydrogen-bond donors (Lipinski definition) is 1. The third-order valence-electron chi connectivity index (χ3n) is 3.33. The monoisotopic (exact) mass is 400 g/mol. The fraction of sp³-hybridized carbons (Fsp3) is 0.0556. The molecular weight excluding hydrogens is 387 g/mol. The summed E-state index contributed by atoms with van der Waals surface area (Å²) >= 11 is 11.9. The number of anilines is 1. The second-order valence-corrected chi connectivity index (χ2v) is 6.02. The predicted octanol–water partition coefficient (Wildman–Crippen LogP) is 5.35. The van der Waals surface area contributed by atoms with Gasteiger partial charge in [0, 0.05) is 24.2 Å². The lowest BCUT2D eigenvalue weighted by atomic mass is 10.3. The Hall–Kier alpha value is -3.03. The highest BCUT2D eigenvalue weighted by Gasteiger charge is 2.06. The molecule has 3 rings (SSSR count). The molecule has 0 atom stereocenters. The number of halogens is 2. The molecule has 0 amide bonds. The van der Waals surface area contributed by atoms with Gasteiger partial charge in [-0.05, 0) is 42.5 Å². The van der Waals surface area contributed by atoms with E-state index in [9.17, 15) is 0 Å². The normalized spacial score (nSPS) is 11.6. The Morgan fingerprint density at radius 2 is 1.93 bits per heavy atom. The summed E-state index contributed by atoms with van der Waals surface area (Å²) in [6.45, 7) is 0. The van der Waals surface area contributed by atoms with Crippen LogP contribution in [0.3, 0.4) is 0 Å². The molecule has 0 fully saturated rings. The number of methoxy groups -OCH3 is 1. The van der Waals surface area contributed by atoms with Crippen molar-refractivity contribution < 1.29 is 4.74 Å². The van der Waals surface area contributed by atoms with Gasteiger partial charge < -0.3 is 4.74 Å². The number of ether oxygens (including phenoxy) is 1. The van der Waals surface area contributed by atoms with Gasteiger partial charge in [-0.25, -0.2) is 4.98 Å². The first kappa shape index (κ1) is 18.8. The highest BCUT2D eigenvalue weighted by atomic mass is 35.5. The van der Waals surface area contributed by atoms with Crippen molar-refractivity contribution >= 4 is 40.5 Å². The van der Waals surface area contributed by atoms with Crippen molar-refractivity contribution in [3.05, 3.63) is 76.7 Å². The van der Waals surface area contributed by atoms with E-state index < -0.39 is 0 Å². The summed E-state index contributed by atoms with van der Waals surface area (Å²) in [5, 5.41) is 13.2. The van der Waals surface area contributed by atoms with Gasteiger partial charge in [-0.15, -0.1) is 10.2 Å². The van der Waals surface area contributed by atoms with Crippen molar-refractivity contribution in [2.24, 2.45) is 15.3 Å². The molecule has 0 spiro atoms. The molecule has 0 radical (unpaired) electrons. The molecule has 0 aliphatic heterocycles. The van der Waals surface area contributed by atoms with Gasteiger partial charge in [-0.1, -0.05) is 23.2 Å². The van der Waals surface area contributed by atoms with Crippen molar-refractivity contribution in [3.63, 3.8) is 0 Å². The van der Waals surface area contributed by atoms with E-state index in [0.29, 0.717) is 21.4 Å². The van der Waals surface area contributed by atoms with Gasteiger partial charge >= 0.3 is 0 Å². The molecule has 0 aliphatic rings. The largest absolute Gasteiger partial charge is 0.497 e. The van der Waals surface area contributed by atoms with Gasteiger partial charge in [0.05, 0.1) is 22.8 Å². The van der Waals surface area contributed by atoms with Crippen LogP contribution in [0, 0.1) is 0 Å². The van der Waals surface area contributed by atoms with E-state index in [1.165, 1.54) is 6.20 Å². The zero-order valence-electron chi connectivity index (χ0n) is 14.2. The molecule has 0 saturated carbocycles. The van der Waals surface area contributed by atoms with E-state index in [0.717, 1.165) is 11.4 Å². The van der Waals surface area contributed by atoms with Crippen LogP contribution in [0.1, 0.15) is 5.56 Å². The fourth-order valence-corrected chi connectivity index (χ4v) is 2.42. The minimum absolute atomic E-state index is 0.238. The van der Waals surface area contributed by atoms with E-state index in [1.807, 2.05) is 30.3 Å². The highest BCUT2D eigenvalue weighted by Crippen LogP contribution is 2.25. The Balaban J connectivity index is 1.87. The summed E-state index contributed by atoms with van der Waals surface area (Å²) in [6, 6.07) is 12.4. The molecule has 1 aromatic carbocycles. The van der Waals surface area contributed by atoms with Crippen LogP contribution in [-0.4, -0.2) is 22.9 Å². The van der Waals surface area contributed by atoms with Gasteiger partial charge in [-0.2, -0.15) is 5.10 Å². The number of aromatic nitrogens is 2. The van der Waals surface area contributed by atoms with Gasteiger partial charge in [0.15, 0.2) is 5.82 Å². The summed E-state index contributed by atoms with van der Waals surface area (Å²) in [5.41, 5.74) is 4.36. The Labute approximate surface area is 165 Å². The summed E-state index contributed by atoms with van der Waals surface area (Å²) in [5.74, 6) is 1.30. The average Bonchev–Trinajstić information content (AvgIpc) is 2.70.